The van der Waals surface area contributed by atoms with Crippen molar-refractivity contribution in [3.05, 3.63) is 82.3 Å². The van der Waals surface area contributed by atoms with Gasteiger partial charge in [0.1, 0.15) is 12.8 Å². The van der Waals surface area contributed by atoms with Crippen molar-refractivity contribution in [3.63, 3.8) is 0 Å². The highest BCUT2D eigenvalue weighted by molar-refractivity contribution is 6.24. The highest BCUT2D eigenvalue weighted by atomic mass is 16.3. The molecule has 0 saturated heterocycles. The number of rotatable bonds is 2. The Kier molecular flexibility index (Phi) is 4.44. The van der Waals surface area contributed by atoms with Gasteiger partial charge in [-0.15, -0.1) is 0 Å². The molecule has 6 heteroatoms. The molecule has 2 heterocycles. The van der Waals surface area contributed by atoms with Gasteiger partial charge in [-0.2, -0.15) is 4.58 Å². The maximum atomic E-state index is 13.2. The van der Waals surface area contributed by atoms with Gasteiger partial charge in [0.2, 0.25) is 11.5 Å². The first-order valence-corrected chi connectivity index (χ1v) is 11.4. The second-order valence-corrected chi connectivity index (χ2v) is 10.5. The van der Waals surface area contributed by atoms with E-state index in [0.717, 1.165) is 33.9 Å². The molecule has 0 radical (unpaired) electrons. The number of nitrogen functional groups attached to an aromatic ring is 2. The molecule has 0 fully saturated rings. The van der Waals surface area contributed by atoms with E-state index in [1.165, 1.54) is 0 Å². The molecule has 34 heavy (non-hydrogen) atoms. The molecule has 174 valence electrons. The molecular formula is C28H31N4O2+. The number of fused-ring (bicyclic) bond motifs is 2. The number of likely N-dealkylation sites (N-methyl/N-ethyl adjacent to an activating group) is 1. The van der Waals surface area contributed by atoms with Crippen LogP contribution < -0.4 is 16.4 Å². The monoisotopic (exact) mass is 455 g/mol. The molecule has 1 aliphatic carbocycles. The third kappa shape index (κ3) is 2.81. The van der Waals surface area contributed by atoms with Gasteiger partial charge in [-0.3, -0.25) is 4.79 Å². The van der Waals surface area contributed by atoms with Crippen LogP contribution in [0.1, 0.15) is 38.8 Å². The van der Waals surface area contributed by atoms with Crippen LogP contribution in [0, 0.1) is 0 Å². The maximum absolute atomic E-state index is 13.2. The molecule has 0 atom stereocenters. The van der Waals surface area contributed by atoms with Crippen molar-refractivity contribution in [3.8, 4) is 0 Å². The molecule has 2 aromatic carbocycles. The van der Waals surface area contributed by atoms with Gasteiger partial charge in [0.05, 0.1) is 16.6 Å². The Bertz CT molecular complexity index is 1420. The van der Waals surface area contributed by atoms with Crippen molar-refractivity contribution in [2.24, 2.45) is 0 Å². The quantitative estimate of drug-likeness (QED) is 0.352. The zero-order chi connectivity index (χ0) is 24.7. The molecule has 3 aliphatic rings. The van der Waals surface area contributed by atoms with Gasteiger partial charge < -0.3 is 21.5 Å². The normalized spacial score (nSPS) is 22.5. The smallest absolute Gasteiger partial charge is 0.209 e. The number of allylic oxidation sites excluding steroid dienone is 5. The van der Waals surface area contributed by atoms with Crippen LogP contribution >= 0.6 is 0 Å². The number of hydrogen-bond acceptors (Lipinski definition) is 5. The Morgan fingerprint density at radius 2 is 1.56 bits per heavy atom. The average molecular weight is 456 g/mol. The van der Waals surface area contributed by atoms with Crippen LogP contribution in [0.3, 0.4) is 0 Å². The first-order chi connectivity index (χ1) is 15.9. The van der Waals surface area contributed by atoms with Gasteiger partial charge in [0.15, 0.2) is 5.71 Å². The standard InChI is InChI=1S/C28H30N4O2/c1-27(2)19-11-15(29)7-9-21(19)31(5)23(27)13-17-25(33)18(26(17)34)14-24-28(3,4)20-12-16(30)8-10-22(20)32(24)6/h7-14H,1-6H3,(H4-,29,30,33,34)/p+1. The minimum Gasteiger partial charge on any atom is -0.506 e. The number of aliphatic hydroxyl groups excluding tert-OH is 1. The molecule has 5 rings (SSSR count). The van der Waals surface area contributed by atoms with Crippen LogP contribution in [0.4, 0.5) is 22.7 Å². The number of anilines is 3. The van der Waals surface area contributed by atoms with Crippen LogP contribution in [0.25, 0.3) is 0 Å². The van der Waals surface area contributed by atoms with Crippen LogP contribution in [0.15, 0.2) is 71.2 Å². The Balaban J connectivity index is 1.55. The molecule has 0 saturated carbocycles. The molecular weight excluding hydrogens is 424 g/mol. The van der Waals surface area contributed by atoms with Crippen molar-refractivity contribution >= 4 is 34.2 Å². The Labute approximate surface area is 200 Å². The summed E-state index contributed by atoms with van der Waals surface area (Å²) in [7, 11) is 3.95. The lowest BCUT2D eigenvalue weighted by Gasteiger charge is -2.27. The number of benzene rings is 2. The summed E-state index contributed by atoms with van der Waals surface area (Å²) in [5.74, 6) is -0.124. The molecule has 5 N–H and O–H groups in total. The van der Waals surface area contributed by atoms with Crippen LogP contribution in [-0.4, -0.2) is 35.3 Å². The second-order valence-electron chi connectivity index (χ2n) is 10.5. The molecule has 2 aromatic rings. The summed E-state index contributed by atoms with van der Waals surface area (Å²) in [6, 6.07) is 11.7. The number of hydrogen-bond donors (Lipinski definition) is 3. The predicted octanol–water partition coefficient (Wildman–Crippen LogP) is 4.49. The molecule has 0 amide bonds. The topological polar surface area (TPSA) is 95.6 Å². The fraction of sp³-hybridized carbons (Fsp3) is 0.286. The predicted molar refractivity (Wildman–Crippen MR) is 138 cm³/mol. The Hall–Kier alpha value is -3.80. The SMILES string of the molecule is CN1/C(=C\C2=C(O)C(=C\C3=[N+](C)c4ccc(N)cc4C3(C)C)/C2=O)C(C)(C)c2cc(N)ccc21. The highest BCUT2D eigenvalue weighted by Crippen LogP contribution is 2.49. The van der Waals surface area contributed by atoms with Crippen molar-refractivity contribution in [2.45, 2.75) is 38.5 Å². The van der Waals surface area contributed by atoms with Gasteiger partial charge >= 0.3 is 0 Å². The molecule has 0 bridgehead atoms. The number of ketones is 1. The summed E-state index contributed by atoms with van der Waals surface area (Å²) in [6.45, 7) is 8.42. The van der Waals surface area contributed by atoms with Gasteiger partial charge in [0.25, 0.3) is 0 Å². The summed E-state index contributed by atoms with van der Waals surface area (Å²) < 4.78 is 2.06. The minimum atomic E-state index is -0.351. The lowest BCUT2D eigenvalue weighted by atomic mass is 9.77. The van der Waals surface area contributed by atoms with E-state index in [4.69, 9.17) is 11.5 Å². The van der Waals surface area contributed by atoms with Crippen molar-refractivity contribution in [1.82, 2.24) is 0 Å². The fourth-order valence-corrected chi connectivity index (χ4v) is 5.61. The van der Waals surface area contributed by atoms with Crippen LogP contribution in [0.2, 0.25) is 0 Å². The third-order valence-electron chi connectivity index (χ3n) is 7.68. The van der Waals surface area contributed by atoms with E-state index in [-0.39, 0.29) is 22.4 Å². The summed E-state index contributed by atoms with van der Waals surface area (Å²) in [4.78, 5) is 15.3. The number of aliphatic hydroxyl groups is 1. The lowest BCUT2D eigenvalue weighted by Crippen LogP contribution is -2.31. The first kappa shape index (κ1) is 22.0. The Morgan fingerprint density at radius 3 is 2.21 bits per heavy atom. The lowest BCUT2D eigenvalue weighted by molar-refractivity contribution is -0.401. The van der Waals surface area contributed by atoms with E-state index in [1.54, 1.807) is 0 Å². The average Bonchev–Trinajstić information content (AvgIpc) is 3.07. The maximum Gasteiger partial charge on any atom is 0.209 e. The minimum absolute atomic E-state index is 0.0318. The molecule has 6 nitrogen and oxygen atoms in total. The fourth-order valence-electron chi connectivity index (χ4n) is 5.61. The molecule has 0 unspecified atom stereocenters. The van der Waals surface area contributed by atoms with Gasteiger partial charge in [0, 0.05) is 52.9 Å². The van der Waals surface area contributed by atoms with Gasteiger partial charge in [-0.25, -0.2) is 0 Å². The van der Waals surface area contributed by atoms with E-state index in [2.05, 4.69) is 37.2 Å². The van der Waals surface area contributed by atoms with Crippen LogP contribution in [0.5, 0.6) is 0 Å². The summed E-state index contributed by atoms with van der Waals surface area (Å²) in [6.07, 6.45) is 3.63. The Morgan fingerprint density at radius 1 is 0.941 bits per heavy atom. The number of carbonyl (C=O) groups excluding carboxylic acids is 1. The largest absolute Gasteiger partial charge is 0.506 e. The van der Waals surface area contributed by atoms with Crippen LogP contribution in [-0.2, 0) is 15.6 Å². The van der Waals surface area contributed by atoms with E-state index in [9.17, 15) is 9.90 Å². The number of Topliss-reactive ketones (excluding diaryl/α,β-unsaturated/α-hetero) is 1. The van der Waals surface area contributed by atoms with E-state index < -0.39 is 0 Å². The van der Waals surface area contributed by atoms with E-state index >= 15 is 0 Å². The highest BCUT2D eigenvalue weighted by Gasteiger charge is 2.46. The van der Waals surface area contributed by atoms with Crippen molar-refractivity contribution in [2.75, 3.05) is 30.5 Å². The third-order valence-corrected chi connectivity index (χ3v) is 7.68. The van der Waals surface area contributed by atoms with Crippen molar-refractivity contribution < 1.29 is 14.5 Å². The van der Waals surface area contributed by atoms with E-state index in [0.29, 0.717) is 22.5 Å². The zero-order valence-corrected chi connectivity index (χ0v) is 20.5. The molecule has 0 spiro atoms. The summed E-state index contributed by atoms with van der Waals surface area (Å²) in [5.41, 5.74) is 19.6. The van der Waals surface area contributed by atoms with Crippen molar-refractivity contribution in [1.29, 1.82) is 0 Å². The summed E-state index contributed by atoms with van der Waals surface area (Å²) >= 11 is 0. The molecule has 0 aromatic heterocycles. The zero-order valence-electron chi connectivity index (χ0n) is 20.5. The van der Waals surface area contributed by atoms with E-state index in [1.807, 2.05) is 62.6 Å². The number of nitrogens with two attached hydrogens (primary N) is 2. The summed E-state index contributed by atoms with van der Waals surface area (Å²) in [5, 5.41) is 10.9. The second kappa shape index (κ2) is 6.86. The number of nitrogens with zero attached hydrogens (tertiary/aromatic N) is 2. The van der Waals surface area contributed by atoms with Gasteiger partial charge in [-0.05, 0) is 55.8 Å². The van der Waals surface area contributed by atoms with Gasteiger partial charge in [-0.1, -0.05) is 13.8 Å². The number of carbonyl (C=O) groups is 1. The molecule has 2 aliphatic heterocycles. The first-order valence-electron chi connectivity index (χ1n) is 11.4.